The predicted octanol–water partition coefficient (Wildman–Crippen LogP) is 3.32. The van der Waals surface area contributed by atoms with Crippen LogP contribution in [0.4, 0.5) is 0 Å². The van der Waals surface area contributed by atoms with Gasteiger partial charge in [0.15, 0.2) is 11.5 Å². The fraction of sp³-hybridized carbons (Fsp3) is 0.684. The number of benzene rings is 1. The third-order valence-corrected chi connectivity index (χ3v) is 5.27. The maximum atomic E-state index is 10.0. The predicted molar refractivity (Wildman–Crippen MR) is 93.0 cm³/mol. The molecule has 2 aliphatic rings. The zero-order valence-corrected chi connectivity index (χ0v) is 14.3. The highest BCUT2D eigenvalue weighted by atomic mass is 16.5. The first-order valence-electron chi connectivity index (χ1n) is 9.20. The zero-order chi connectivity index (χ0) is 16.1. The fourth-order valence-corrected chi connectivity index (χ4v) is 4.18. The molecule has 1 atom stereocenters. The van der Waals surface area contributed by atoms with Crippen LogP contribution < -0.4 is 10.1 Å². The molecule has 3 rings (SSSR count). The molecule has 1 aromatic rings. The molecule has 1 aliphatic heterocycles. The Bertz CT molecular complexity index is 476. The molecule has 0 amide bonds. The first-order valence-corrected chi connectivity index (χ1v) is 9.20. The SMILES string of the molecule is CCOc1cc([C@@H](C2CCCCC2)N2CCNCC2)ccc1O. The number of hydrogen-bond donors (Lipinski definition) is 2. The molecule has 4 nitrogen and oxygen atoms in total. The molecule has 0 unspecified atom stereocenters. The highest BCUT2D eigenvalue weighted by Crippen LogP contribution is 2.40. The lowest BCUT2D eigenvalue weighted by Crippen LogP contribution is -2.47. The first kappa shape index (κ1) is 16.6. The maximum Gasteiger partial charge on any atom is 0.161 e. The molecule has 0 radical (unpaired) electrons. The van der Waals surface area contributed by atoms with Gasteiger partial charge >= 0.3 is 0 Å². The van der Waals surface area contributed by atoms with Crippen LogP contribution in [0.3, 0.4) is 0 Å². The van der Waals surface area contributed by atoms with Gasteiger partial charge in [0.05, 0.1) is 6.61 Å². The second kappa shape index (κ2) is 8.02. The maximum absolute atomic E-state index is 10.0. The Balaban J connectivity index is 1.88. The summed E-state index contributed by atoms with van der Waals surface area (Å²) in [4.78, 5) is 2.63. The van der Waals surface area contributed by atoms with E-state index in [9.17, 15) is 5.11 Å². The minimum absolute atomic E-state index is 0.248. The number of phenols is 1. The molecule has 1 saturated carbocycles. The van der Waals surface area contributed by atoms with Crippen LogP contribution in [0, 0.1) is 5.92 Å². The smallest absolute Gasteiger partial charge is 0.161 e. The van der Waals surface area contributed by atoms with Crippen molar-refractivity contribution in [2.24, 2.45) is 5.92 Å². The number of hydrogen-bond acceptors (Lipinski definition) is 4. The number of rotatable bonds is 5. The van der Waals surface area contributed by atoms with E-state index < -0.39 is 0 Å². The van der Waals surface area contributed by atoms with Crippen LogP contribution in [0.1, 0.15) is 50.6 Å². The van der Waals surface area contributed by atoms with Gasteiger partial charge in [0.25, 0.3) is 0 Å². The minimum atomic E-state index is 0.248. The summed E-state index contributed by atoms with van der Waals surface area (Å²) in [5.41, 5.74) is 1.31. The van der Waals surface area contributed by atoms with Gasteiger partial charge in [0.2, 0.25) is 0 Å². The number of aromatic hydroxyl groups is 1. The number of ether oxygens (including phenoxy) is 1. The van der Waals surface area contributed by atoms with Crippen molar-refractivity contribution in [2.45, 2.75) is 45.1 Å². The summed E-state index contributed by atoms with van der Waals surface area (Å²) in [6.07, 6.45) is 6.72. The number of phenolic OH excluding ortho intramolecular Hbond substituents is 1. The molecule has 0 aromatic heterocycles. The molecule has 128 valence electrons. The van der Waals surface area contributed by atoms with Gasteiger partial charge in [-0.15, -0.1) is 0 Å². The monoisotopic (exact) mass is 318 g/mol. The quantitative estimate of drug-likeness (QED) is 0.874. The molecule has 1 aliphatic carbocycles. The zero-order valence-electron chi connectivity index (χ0n) is 14.3. The molecular weight excluding hydrogens is 288 g/mol. The van der Waals surface area contributed by atoms with Gasteiger partial charge in [0.1, 0.15) is 0 Å². The summed E-state index contributed by atoms with van der Waals surface area (Å²) >= 11 is 0. The van der Waals surface area contributed by atoms with Crippen molar-refractivity contribution in [3.63, 3.8) is 0 Å². The Kier molecular flexibility index (Phi) is 5.79. The minimum Gasteiger partial charge on any atom is -0.504 e. The molecule has 1 aromatic carbocycles. The van der Waals surface area contributed by atoms with Crippen molar-refractivity contribution in [1.82, 2.24) is 10.2 Å². The Hall–Kier alpha value is -1.26. The lowest BCUT2D eigenvalue weighted by atomic mass is 9.80. The van der Waals surface area contributed by atoms with E-state index in [0.29, 0.717) is 18.4 Å². The molecule has 1 saturated heterocycles. The second-order valence-corrected chi connectivity index (χ2v) is 6.79. The van der Waals surface area contributed by atoms with Crippen molar-refractivity contribution >= 4 is 0 Å². The molecular formula is C19H30N2O2. The molecule has 0 spiro atoms. The van der Waals surface area contributed by atoms with E-state index in [1.807, 2.05) is 6.92 Å². The van der Waals surface area contributed by atoms with Gasteiger partial charge in [0, 0.05) is 32.2 Å². The van der Waals surface area contributed by atoms with Crippen LogP contribution in [-0.2, 0) is 0 Å². The van der Waals surface area contributed by atoms with Crippen LogP contribution in [0.5, 0.6) is 11.5 Å². The van der Waals surface area contributed by atoms with Crippen molar-refractivity contribution in [3.8, 4) is 11.5 Å². The Morgan fingerprint density at radius 3 is 2.65 bits per heavy atom. The van der Waals surface area contributed by atoms with Crippen LogP contribution in [0.15, 0.2) is 18.2 Å². The van der Waals surface area contributed by atoms with Crippen molar-refractivity contribution in [2.75, 3.05) is 32.8 Å². The van der Waals surface area contributed by atoms with Gasteiger partial charge in [-0.05, 0) is 43.4 Å². The highest BCUT2D eigenvalue weighted by molar-refractivity contribution is 5.43. The van der Waals surface area contributed by atoms with Crippen LogP contribution in [0.2, 0.25) is 0 Å². The van der Waals surface area contributed by atoms with E-state index in [2.05, 4.69) is 22.3 Å². The summed E-state index contributed by atoms with van der Waals surface area (Å²) < 4.78 is 5.62. The van der Waals surface area contributed by atoms with Gasteiger partial charge < -0.3 is 15.2 Å². The average molecular weight is 318 g/mol. The van der Waals surface area contributed by atoms with Crippen molar-refractivity contribution < 1.29 is 9.84 Å². The lowest BCUT2D eigenvalue weighted by molar-refractivity contribution is 0.103. The van der Waals surface area contributed by atoms with E-state index in [4.69, 9.17) is 4.74 Å². The van der Waals surface area contributed by atoms with Crippen LogP contribution >= 0.6 is 0 Å². The number of nitrogens with zero attached hydrogens (tertiary/aromatic N) is 1. The topological polar surface area (TPSA) is 44.7 Å². The largest absolute Gasteiger partial charge is 0.504 e. The van der Waals surface area contributed by atoms with E-state index in [1.165, 1.54) is 37.7 Å². The third-order valence-electron chi connectivity index (χ3n) is 5.27. The molecule has 0 bridgehead atoms. The summed E-state index contributed by atoms with van der Waals surface area (Å²) in [5, 5.41) is 13.5. The third kappa shape index (κ3) is 3.99. The van der Waals surface area contributed by atoms with Crippen molar-refractivity contribution in [1.29, 1.82) is 0 Å². The van der Waals surface area contributed by atoms with Crippen LogP contribution in [-0.4, -0.2) is 42.8 Å². The van der Waals surface area contributed by atoms with E-state index in [0.717, 1.165) is 32.1 Å². The number of piperazine rings is 1. The Morgan fingerprint density at radius 2 is 1.96 bits per heavy atom. The van der Waals surface area contributed by atoms with Gasteiger partial charge in [-0.1, -0.05) is 25.3 Å². The van der Waals surface area contributed by atoms with Gasteiger partial charge in [-0.3, -0.25) is 4.90 Å². The first-order chi connectivity index (χ1) is 11.3. The van der Waals surface area contributed by atoms with Crippen LogP contribution in [0.25, 0.3) is 0 Å². The summed E-state index contributed by atoms with van der Waals surface area (Å²) in [5.74, 6) is 1.60. The van der Waals surface area contributed by atoms with E-state index >= 15 is 0 Å². The molecule has 4 heteroatoms. The Labute approximate surface area is 139 Å². The standard InChI is InChI=1S/C19H30N2O2/c1-2-23-18-14-16(8-9-17(18)22)19(15-6-4-3-5-7-15)21-12-10-20-11-13-21/h8-9,14-15,19-20,22H,2-7,10-13H2,1H3/t19-/m1/s1. The number of nitrogens with one attached hydrogen (secondary N) is 1. The Morgan fingerprint density at radius 1 is 1.22 bits per heavy atom. The lowest BCUT2D eigenvalue weighted by Gasteiger charge is -2.41. The molecule has 2 N–H and O–H groups in total. The summed E-state index contributed by atoms with van der Waals surface area (Å²) in [6.45, 7) is 6.89. The fourth-order valence-electron chi connectivity index (χ4n) is 4.18. The normalized spacial score (nSPS) is 22.0. The highest BCUT2D eigenvalue weighted by Gasteiger charge is 2.31. The van der Waals surface area contributed by atoms with Gasteiger partial charge in [-0.2, -0.15) is 0 Å². The van der Waals surface area contributed by atoms with Gasteiger partial charge in [-0.25, -0.2) is 0 Å². The van der Waals surface area contributed by atoms with E-state index in [1.54, 1.807) is 6.07 Å². The van der Waals surface area contributed by atoms with E-state index in [-0.39, 0.29) is 5.75 Å². The summed E-state index contributed by atoms with van der Waals surface area (Å²) in [7, 11) is 0. The molecule has 1 heterocycles. The summed E-state index contributed by atoms with van der Waals surface area (Å²) in [6, 6.07) is 6.43. The average Bonchev–Trinajstić information content (AvgIpc) is 2.60. The second-order valence-electron chi connectivity index (χ2n) is 6.79. The van der Waals surface area contributed by atoms with Crippen molar-refractivity contribution in [3.05, 3.63) is 23.8 Å². The molecule has 23 heavy (non-hydrogen) atoms. The molecule has 2 fully saturated rings.